The Morgan fingerprint density at radius 3 is 2.89 bits per heavy atom. The van der Waals surface area contributed by atoms with Crippen LogP contribution in [0.25, 0.3) is 0 Å². The van der Waals surface area contributed by atoms with E-state index in [0.717, 1.165) is 16.9 Å². The van der Waals surface area contributed by atoms with Gasteiger partial charge in [0.1, 0.15) is 6.54 Å². The average Bonchev–Trinajstić information content (AvgIpc) is 2.69. The number of benzene rings is 1. The zero-order valence-corrected chi connectivity index (χ0v) is 11.1. The van der Waals surface area contributed by atoms with Crippen LogP contribution in [0.4, 0.5) is 11.4 Å². The van der Waals surface area contributed by atoms with E-state index in [0.29, 0.717) is 19.0 Å². The number of hydrogen-bond donors (Lipinski definition) is 1. The van der Waals surface area contributed by atoms with E-state index >= 15 is 0 Å². The number of nitrogens with zero attached hydrogens (tertiary/aromatic N) is 3. The lowest BCUT2D eigenvalue weighted by Crippen LogP contribution is -2.33. The highest BCUT2D eigenvalue weighted by atomic mass is 35.5. The van der Waals surface area contributed by atoms with Gasteiger partial charge in [0.25, 0.3) is 0 Å². The summed E-state index contributed by atoms with van der Waals surface area (Å²) in [6.07, 6.45) is 0. The fourth-order valence-electron chi connectivity index (χ4n) is 2.17. The Morgan fingerprint density at radius 2 is 2.17 bits per heavy atom. The third kappa shape index (κ3) is 1.90. The maximum absolute atomic E-state index is 11.4. The Morgan fingerprint density at radius 1 is 1.39 bits per heavy atom. The molecule has 6 heteroatoms. The summed E-state index contributed by atoms with van der Waals surface area (Å²) in [4.78, 5) is 19.7. The molecule has 96 valence electrons. The van der Waals surface area contributed by atoms with Crippen LogP contribution in [-0.2, 0) is 11.3 Å². The monoisotopic (exact) mass is 266 g/mol. The molecule has 18 heavy (non-hydrogen) atoms. The van der Waals surface area contributed by atoms with Gasteiger partial charge in [-0.3, -0.25) is 10.1 Å². The molecule has 1 aromatic carbocycles. The number of halogens is 1. The average molecular weight is 267 g/mol. The van der Waals surface area contributed by atoms with Crippen molar-refractivity contribution in [2.45, 2.75) is 6.54 Å². The van der Waals surface area contributed by atoms with Gasteiger partial charge in [0.05, 0.1) is 6.54 Å². The van der Waals surface area contributed by atoms with Crippen LogP contribution >= 0.6 is 12.4 Å². The SMILES string of the molecule is CN(C)c1ccc2c(c1)CN=C1NC(=O)CN12.Cl. The quantitative estimate of drug-likeness (QED) is 0.824. The molecule has 0 aliphatic carbocycles. The Balaban J connectivity index is 0.00000120. The summed E-state index contributed by atoms with van der Waals surface area (Å²) < 4.78 is 0. The van der Waals surface area contributed by atoms with Gasteiger partial charge in [-0.05, 0) is 23.8 Å². The summed E-state index contributed by atoms with van der Waals surface area (Å²) in [7, 11) is 4.03. The highest BCUT2D eigenvalue weighted by Crippen LogP contribution is 2.30. The van der Waals surface area contributed by atoms with Gasteiger partial charge < -0.3 is 9.80 Å². The number of nitrogens with one attached hydrogen (secondary N) is 1. The normalized spacial score (nSPS) is 16.2. The largest absolute Gasteiger partial charge is 0.378 e. The fourth-order valence-corrected chi connectivity index (χ4v) is 2.17. The van der Waals surface area contributed by atoms with E-state index in [2.05, 4.69) is 33.4 Å². The van der Waals surface area contributed by atoms with Crippen molar-refractivity contribution in [3.63, 3.8) is 0 Å². The molecule has 1 fully saturated rings. The first-order valence-electron chi connectivity index (χ1n) is 5.57. The number of hydrogen-bond acceptors (Lipinski definition) is 4. The molecule has 0 spiro atoms. The fraction of sp³-hybridized carbons (Fsp3) is 0.333. The summed E-state index contributed by atoms with van der Waals surface area (Å²) in [5.74, 6) is 0.688. The number of aliphatic imine (C=N–C) groups is 1. The molecule has 0 radical (unpaired) electrons. The van der Waals surface area contributed by atoms with Crippen molar-refractivity contribution in [1.29, 1.82) is 0 Å². The van der Waals surface area contributed by atoms with Gasteiger partial charge in [-0.2, -0.15) is 0 Å². The van der Waals surface area contributed by atoms with Crippen molar-refractivity contribution < 1.29 is 4.79 Å². The van der Waals surface area contributed by atoms with Gasteiger partial charge in [-0.15, -0.1) is 12.4 Å². The molecule has 1 N–H and O–H groups in total. The minimum absolute atomic E-state index is 0. The van der Waals surface area contributed by atoms with E-state index in [-0.39, 0.29) is 18.3 Å². The first kappa shape index (κ1) is 12.7. The van der Waals surface area contributed by atoms with E-state index in [9.17, 15) is 4.79 Å². The molecule has 1 saturated heterocycles. The summed E-state index contributed by atoms with van der Waals surface area (Å²) in [5, 5.41) is 2.76. The Hall–Kier alpha value is -1.75. The van der Waals surface area contributed by atoms with Crippen LogP contribution in [0.2, 0.25) is 0 Å². The number of amides is 1. The number of carbonyl (C=O) groups excluding carboxylic acids is 1. The predicted octanol–water partition coefficient (Wildman–Crippen LogP) is 0.980. The molecular weight excluding hydrogens is 252 g/mol. The lowest BCUT2D eigenvalue weighted by molar-refractivity contribution is -0.117. The van der Waals surface area contributed by atoms with Gasteiger partial charge in [-0.1, -0.05) is 0 Å². The van der Waals surface area contributed by atoms with E-state index in [1.807, 2.05) is 19.0 Å². The van der Waals surface area contributed by atoms with Crippen LogP contribution in [0.5, 0.6) is 0 Å². The van der Waals surface area contributed by atoms with Crippen LogP contribution in [0, 0.1) is 0 Å². The molecule has 1 amide bonds. The van der Waals surface area contributed by atoms with Crippen LogP contribution in [0.15, 0.2) is 23.2 Å². The van der Waals surface area contributed by atoms with Gasteiger partial charge >= 0.3 is 0 Å². The Kier molecular flexibility index (Phi) is 3.17. The number of guanidine groups is 1. The second-order valence-corrected chi connectivity index (χ2v) is 4.48. The van der Waals surface area contributed by atoms with Crippen molar-refractivity contribution in [3.05, 3.63) is 23.8 Å². The van der Waals surface area contributed by atoms with Gasteiger partial charge in [0.2, 0.25) is 11.9 Å². The second kappa shape index (κ2) is 4.49. The molecule has 0 saturated carbocycles. The van der Waals surface area contributed by atoms with Crippen molar-refractivity contribution in [2.24, 2.45) is 4.99 Å². The van der Waals surface area contributed by atoms with Crippen LogP contribution in [0.3, 0.4) is 0 Å². The van der Waals surface area contributed by atoms with Gasteiger partial charge in [0, 0.05) is 25.5 Å². The second-order valence-electron chi connectivity index (χ2n) is 4.48. The summed E-state index contributed by atoms with van der Waals surface area (Å²) >= 11 is 0. The highest BCUT2D eigenvalue weighted by Gasteiger charge is 2.30. The zero-order chi connectivity index (χ0) is 12.0. The molecule has 0 bridgehead atoms. The van der Waals surface area contributed by atoms with Crippen molar-refractivity contribution in [3.8, 4) is 0 Å². The van der Waals surface area contributed by atoms with E-state index < -0.39 is 0 Å². The highest BCUT2D eigenvalue weighted by molar-refractivity contribution is 6.15. The van der Waals surface area contributed by atoms with E-state index in [1.165, 1.54) is 0 Å². The third-order valence-corrected chi connectivity index (χ3v) is 3.08. The number of anilines is 2. The standard InChI is InChI=1S/C12H14N4O.ClH/c1-15(2)9-3-4-10-8(5-9)6-13-12-14-11(17)7-16(10)12;/h3-5H,6-7H2,1-2H3,(H,13,14,17);1H. The smallest absolute Gasteiger partial charge is 0.246 e. The van der Waals surface area contributed by atoms with Crippen molar-refractivity contribution in [2.75, 3.05) is 30.4 Å². The van der Waals surface area contributed by atoms with E-state index in [1.54, 1.807) is 0 Å². The first-order chi connectivity index (χ1) is 8.15. The number of fused-ring (bicyclic) bond motifs is 3. The van der Waals surface area contributed by atoms with Gasteiger partial charge in [-0.25, -0.2) is 4.99 Å². The van der Waals surface area contributed by atoms with E-state index in [4.69, 9.17) is 0 Å². The van der Waals surface area contributed by atoms with Crippen LogP contribution in [-0.4, -0.2) is 32.5 Å². The molecule has 5 nitrogen and oxygen atoms in total. The van der Waals surface area contributed by atoms with Crippen LogP contribution < -0.4 is 15.1 Å². The molecule has 2 aliphatic rings. The Bertz CT molecular complexity index is 527. The lowest BCUT2D eigenvalue weighted by atomic mass is 10.1. The summed E-state index contributed by atoms with van der Waals surface area (Å²) in [6.45, 7) is 0.996. The lowest BCUT2D eigenvalue weighted by Gasteiger charge is -2.25. The van der Waals surface area contributed by atoms with Crippen LogP contribution in [0.1, 0.15) is 5.56 Å². The molecule has 0 atom stereocenters. The molecule has 2 heterocycles. The topological polar surface area (TPSA) is 47.9 Å². The first-order valence-corrected chi connectivity index (χ1v) is 5.57. The van der Waals surface area contributed by atoms with Crippen molar-refractivity contribution in [1.82, 2.24) is 5.32 Å². The zero-order valence-electron chi connectivity index (χ0n) is 10.3. The molecule has 0 aromatic heterocycles. The summed E-state index contributed by atoms with van der Waals surface area (Å²) in [6, 6.07) is 6.24. The minimum atomic E-state index is 0. The molecule has 3 rings (SSSR count). The molecule has 1 aromatic rings. The Labute approximate surface area is 112 Å². The molecule has 0 unspecified atom stereocenters. The number of carbonyl (C=O) groups is 1. The molecule has 2 aliphatic heterocycles. The maximum atomic E-state index is 11.4. The minimum Gasteiger partial charge on any atom is -0.378 e. The molecular formula is C12H15ClN4O. The third-order valence-electron chi connectivity index (χ3n) is 3.08. The number of rotatable bonds is 1. The predicted molar refractivity (Wildman–Crippen MR) is 74.6 cm³/mol. The van der Waals surface area contributed by atoms with Crippen molar-refractivity contribution >= 4 is 35.6 Å². The summed E-state index contributed by atoms with van der Waals surface area (Å²) in [5.41, 5.74) is 3.40. The van der Waals surface area contributed by atoms with Gasteiger partial charge in [0.15, 0.2) is 0 Å². The maximum Gasteiger partial charge on any atom is 0.246 e.